The normalized spacial score (nSPS) is 13.4. The van der Waals surface area contributed by atoms with Gasteiger partial charge in [-0.2, -0.15) is 0 Å². The molecule has 0 saturated heterocycles. The van der Waals surface area contributed by atoms with E-state index in [0.717, 1.165) is 0 Å². The number of nitro groups is 1. The number of fused-ring (bicyclic) bond motifs is 1. The number of rotatable bonds is 7. The van der Waals surface area contributed by atoms with E-state index in [1.54, 1.807) is 56.5 Å². The molecule has 33 heavy (non-hydrogen) atoms. The molecular formula is C25H19NO7. The minimum atomic E-state index is -0.505. The van der Waals surface area contributed by atoms with Crippen LogP contribution in [-0.4, -0.2) is 30.2 Å². The van der Waals surface area contributed by atoms with Crippen LogP contribution < -0.4 is 14.2 Å². The highest BCUT2D eigenvalue weighted by Crippen LogP contribution is 2.37. The molecule has 4 rings (SSSR count). The van der Waals surface area contributed by atoms with Crippen molar-refractivity contribution < 1.29 is 28.7 Å². The Bertz CT molecular complexity index is 1290. The number of carbonyl (C=O) groups is 2. The molecule has 8 nitrogen and oxygen atoms in total. The maximum Gasteiger partial charge on any atom is 0.270 e. The second-order valence-corrected chi connectivity index (χ2v) is 7.35. The summed E-state index contributed by atoms with van der Waals surface area (Å²) in [5.74, 6) is 0.868. The first-order valence-electron chi connectivity index (χ1n) is 9.99. The molecule has 8 heteroatoms. The number of carbonyl (C=O) groups excluding carboxylic acids is 2. The fraction of sp³-hybridized carbons (Fsp3) is 0.120. The van der Waals surface area contributed by atoms with Gasteiger partial charge >= 0.3 is 0 Å². The largest absolute Gasteiger partial charge is 0.497 e. The number of methoxy groups -OCH3 is 1. The lowest BCUT2D eigenvalue weighted by Crippen LogP contribution is -2.11. The number of allylic oxidation sites excluding steroid dienone is 1. The number of Topliss-reactive ketones (excluding diaryl/α,β-unsaturated/α-hetero) is 2. The van der Waals surface area contributed by atoms with Gasteiger partial charge in [0.2, 0.25) is 5.78 Å². The third kappa shape index (κ3) is 4.59. The van der Waals surface area contributed by atoms with Gasteiger partial charge in [0.1, 0.15) is 17.2 Å². The Morgan fingerprint density at radius 3 is 2.55 bits per heavy atom. The van der Waals surface area contributed by atoms with Crippen molar-refractivity contribution >= 4 is 23.3 Å². The molecule has 1 aliphatic rings. The highest BCUT2D eigenvalue weighted by Gasteiger charge is 2.30. The molecule has 1 aliphatic heterocycles. The van der Waals surface area contributed by atoms with E-state index in [9.17, 15) is 19.7 Å². The van der Waals surface area contributed by atoms with Gasteiger partial charge in [-0.25, -0.2) is 0 Å². The number of nitrogens with zero attached hydrogens (tertiary/aromatic N) is 1. The third-order valence-electron chi connectivity index (χ3n) is 5.10. The third-order valence-corrected chi connectivity index (χ3v) is 5.10. The Hall–Kier alpha value is -4.46. The van der Waals surface area contributed by atoms with Crippen molar-refractivity contribution in [2.24, 2.45) is 0 Å². The van der Waals surface area contributed by atoms with Gasteiger partial charge in [-0.05, 0) is 54.5 Å². The Morgan fingerprint density at radius 1 is 1.09 bits per heavy atom. The van der Waals surface area contributed by atoms with Crippen molar-refractivity contribution in [1.82, 2.24) is 0 Å². The lowest BCUT2D eigenvalue weighted by Gasteiger charge is -2.09. The number of ketones is 2. The molecule has 3 aromatic rings. The topological polar surface area (TPSA) is 105 Å². The maximum absolute atomic E-state index is 12.8. The zero-order chi connectivity index (χ0) is 23.5. The van der Waals surface area contributed by atoms with Crippen molar-refractivity contribution in [1.29, 1.82) is 0 Å². The average Bonchev–Trinajstić information content (AvgIpc) is 3.13. The van der Waals surface area contributed by atoms with Crippen molar-refractivity contribution in [2.75, 3.05) is 13.7 Å². The molecule has 0 radical (unpaired) electrons. The average molecular weight is 445 g/mol. The molecule has 0 unspecified atom stereocenters. The predicted molar refractivity (Wildman–Crippen MR) is 120 cm³/mol. The highest BCUT2D eigenvalue weighted by molar-refractivity contribution is 6.15. The summed E-state index contributed by atoms with van der Waals surface area (Å²) in [7, 11) is 1.55. The summed E-state index contributed by atoms with van der Waals surface area (Å²) in [5, 5.41) is 11.0. The number of hydrogen-bond donors (Lipinski definition) is 0. The molecule has 0 spiro atoms. The van der Waals surface area contributed by atoms with Gasteiger partial charge in [0.05, 0.1) is 17.6 Å². The molecule has 0 amide bonds. The van der Waals surface area contributed by atoms with Crippen LogP contribution in [0.4, 0.5) is 5.69 Å². The van der Waals surface area contributed by atoms with Gasteiger partial charge in [-0.15, -0.1) is 0 Å². The second-order valence-electron chi connectivity index (χ2n) is 7.35. The van der Waals surface area contributed by atoms with Gasteiger partial charge < -0.3 is 14.2 Å². The van der Waals surface area contributed by atoms with E-state index in [1.807, 2.05) is 0 Å². The number of non-ortho nitro benzene ring substituents is 1. The van der Waals surface area contributed by atoms with Crippen molar-refractivity contribution in [3.63, 3.8) is 0 Å². The molecule has 0 aromatic heterocycles. The van der Waals surface area contributed by atoms with Crippen LogP contribution in [0.5, 0.6) is 17.2 Å². The molecule has 0 fully saturated rings. The molecule has 0 N–H and O–H groups in total. The number of benzene rings is 3. The summed E-state index contributed by atoms with van der Waals surface area (Å²) < 4.78 is 16.5. The first kappa shape index (κ1) is 21.8. The summed E-state index contributed by atoms with van der Waals surface area (Å²) in [6.07, 6.45) is 1.46. The van der Waals surface area contributed by atoms with Crippen molar-refractivity contribution in [3.05, 3.63) is 98.8 Å². The van der Waals surface area contributed by atoms with E-state index >= 15 is 0 Å². The molecule has 0 atom stereocenters. The van der Waals surface area contributed by atoms with E-state index in [-0.39, 0.29) is 29.6 Å². The fourth-order valence-electron chi connectivity index (χ4n) is 3.45. The second kappa shape index (κ2) is 8.96. The predicted octanol–water partition coefficient (Wildman–Crippen LogP) is 4.79. The molecule has 1 heterocycles. The Labute approximate surface area is 189 Å². The van der Waals surface area contributed by atoms with Crippen LogP contribution in [-0.2, 0) is 0 Å². The van der Waals surface area contributed by atoms with E-state index in [2.05, 4.69) is 0 Å². The van der Waals surface area contributed by atoms with Gasteiger partial charge in [-0.3, -0.25) is 19.7 Å². The minimum Gasteiger partial charge on any atom is -0.497 e. The number of aryl methyl sites for hydroxylation is 1. The van der Waals surface area contributed by atoms with Gasteiger partial charge in [0, 0.05) is 23.8 Å². The molecular weight excluding hydrogens is 426 g/mol. The van der Waals surface area contributed by atoms with Crippen molar-refractivity contribution in [2.45, 2.75) is 6.92 Å². The standard InChI is InChI=1S/C25H19NO7/c1-15-10-20(32-14-21(27)17-6-8-19(31-2)9-7-17)13-22-24(15)25(28)23(33-22)12-16-4-3-5-18(11-16)26(29)30/h3-13H,14H2,1-2H3/b23-12-. The van der Waals surface area contributed by atoms with Crippen LogP contribution >= 0.6 is 0 Å². The summed E-state index contributed by atoms with van der Waals surface area (Å²) in [5.41, 5.74) is 1.90. The SMILES string of the molecule is COc1ccc(C(=O)COc2cc(C)c3c(c2)O/C(=C\c2cccc([N+](=O)[O-])c2)C3=O)cc1. The van der Waals surface area contributed by atoms with E-state index in [1.165, 1.54) is 24.3 Å². The van der Waals surface area contributed by atoms with Gasteiger partial charge in [0.15, 0.2) is 18.1 Å². The fourth-order valence-corrected chi connectivity index (χ4v) is 3.45. The summed E-state index contributed by atoms with van der Waals surface area (Å²) in [6.45, 7) is 1.56. The maximum atomic E-state index is 12.8. The molecule has 0 saturated carbocycles. The number of ether oxygens (including phenoxy) is 3. The summed E-state index contributed by atoms with van der Waals surface area (Å²) in [4.78, 5) is 35.7. The van der Waals surface area contributed by atoms with E-state index in [0.29, 0.717) is 39.5 Å². The Morgan fingerprint density at radius 2 is 1.85 bits per heavy atom. The van der Waals surface area contributed by atoms with Crippen molar-refractivity contribution in [3.8, 4) is 17.2 Å². The first-order valence-corrected chi connectivity index (χ1v) is 9.99. The van der Waals surface area contributed by atoms with Gasteiger partial charge in [0.25, 0.3) is 5.69 Å². The molecule has 3 aromatic carbocycles. The zero-order valence-electron chi connectivity index (χ0n) is 17.9. The first-order chi connectivity index (χ1) is 15.9. The van der Waals surface area contributed by atoms with E-state index in [4.69, 9.17) is 14.2 Å². The smallest absolute Gasteiger partial charge is 0.270 e. The summed E-state index contributed by atoms with van der Waals surface area (Å²) in [6, 6.07) is 15.8. The molecule has 0 bridgehead atoms. The zero-order valence-corrected chi connectivity index (χ0v) is 17.9. The lowest BCUT2D eigenvalue weighted by molar-refractivity contribution is -0.384. The van der Waals surface area contributed by atoms with Crippen LogP contribution in [0.15, 0.2) is 66.4 Å². The minimum absolute atomic E-state index is 0.0556. The summed E-state index contributed by atoms with van der Waals surface area (Å²) >= 11 is 0. The van der Waals surface area contributed by atoms with E-state index < -0.39 is 4.92 Å². The van der Waals surface area contributed by atoms with Crippen LogP contribution in [0.2, 0.25) is 0 Å². The lowest BCUT2D eigenvalue weighted by atomic mass is 10.0. The Balaban J connectivity index is 1.51. The monoisotopic (exact) mass is 445 g/mol. The number of nitro benzene ring substituents is 1. The number of hydrogen-bond acceptors (Lipinski definition) is 7. The quantitative estimate of drug-likeness (QED) is 0.223. The van der Waals surface area contributed by atoms with Crippen LogP contribution in [0.3, 0.4) is 0 Å². The van der Waals surface area contributed by atoms with Crippen LogP contribution in [0.25, 0.3) is 6.08 Å². The molecule has 166 valence electrons. The molecule has 0 aliphatic carbocycles. The Kier molecular flexibility index (Phi) is 5.91. The van der Waals surface area contributed by atoms with Crippen LogP contribution in [0, 0.1) is 17.0 Å². The highest BCUT2D eigenvalue weighted by atomic mass is 16.6. The van der Waals surface area contributed by atoms with Crippen LogP contribution in [0.1, 0.15) is 31.8 Å². The van der Waals surface area contributed by atoms with Gasteiger partial charge in [-0.1, -0.05) is 12.1 Å².